The molecule has 0 atom stereocenters. The van der Waals surface area contributed by atoms with Crippen LogP contribution in [0.1, 0.15) is 34.9 Å². The maximum Gasteiger partial charge on any atom is 0.435 e. The molecule has 7 nitrogen and oxygen atoms in total. The predicted octanol–water partition coefficient (Wildman–Crippen LogP) is 3.58. The van der Waals surface area contributed by atoms with Crippen LogP contribution in [0.2, 0.25) is 0 Å². The lowest BCUT2D eigenvalue weighted by Crippen LogP contribution is -2.64. The Bertz CT molecular complexity index is 1280. The first-order valence-electron chi connectivity index (χ1n) is 10.2. The van der Waals surface area contributed by atoms with Gasteiger partial charge in [-0.05, 0) is 43.2 Å². The number of carbonyl (C=O) groups is 1. The number of H-pyrrole nitrogens is 1. The third-order valence-corrected chi connectivity index (χ3v) is 6.31. The topological polar surface area (TPSA) is 91.2 Å². The maximum absolute atomic E-state index is 14.0. The largest absolute Gasteiger partial charge is 0.508 e. The molecule has 3 heterocycles. The zero-order valence-electron chi connectivity index (χ0n) is 17.1. The first-order chi connectivity index (χ1) is 15.5. The van der Waals surface area contributed by atoms with Crippen molar-refractivity contribution in [1.82, 2.24) is 19.7 Å². The monoisotopic (exact) mass is 462 g/mol. The molecule has 1 aromatic carbocycles. The van der Waals surface area contributed by atoms with Crippen molar-refractivity contribution >= 4 is 5.91 Å². The van der Waals surface area contributed by atoms with Crippen molar-refractivity contribution in [3.05, 3.63) is 70.0 Å². The zero-order chi connectivity index (χ0) is 23.5. The number of nitrogens with zero attached hydrogens (tertiary/aromatic N) is 3. The van der Waals surface area contributed by atoms with Crippen LogP contribution in [-0.4, -0.2) is 43.8 Å². The minimum atomic E-state index is -4.62. The molecule has 0 bridgehead atoms. The first kappa shape index (κ1) is 21.2. The lowest BCUT2D eigenvalue weighted by molar-refractivity contribution is -0.142. The lowest BCUT2D eigenvalue weighted by atomic mass is 9.60. The Kier molecular flexibility index (Phi) is 4.62. The Hall–Kier alpha value is -3.63. The zero-order valence-corrected chi connectivity index (χ0v) is 17.1. The summed E-state index contributed by atoms with van der Waals surface area (Å²) in [6.45, 7) is 0.692. The van der Waals surface area contributed by atoms with Gasteiger partial charge in [0.25, 0.3) is 5.91 Å². The maximum atomic E-state index is 14.0. The van der Waals surface area contributed by atoms with E-state index in [2.05, 4.69) is 10.1 Å². The molecule has 2 fully saturated rings. The molecule has 1 spiro atoms. The number of halogens is 4. The summed E-state index contributed by atoms with van der Waals surface area (Å²) in [5, 5.41) is 13.3. The third kappa shape index (κ3) is 3.66. The third-order valence-electron chi connectivity index (χ3n) is 6.31. The number of pyridine rings is 1. The molecule has 3 aromatic rings. The van der Waals surface area contributed by atoms with E-state index in [0.717, 1.165) is 24.3 Å². The Labute approximate surface area is 184 Å². The predicted molar refractivity (Wildman–Crippen MR) is 108 cm³/mol. The normalized spacial score (nSPS) is 17.6. The molecule has 11 heteroatoms. The molecule has 1 amide bonds. The summed E-state index contributed by atoms with van der Waals surface area (Å²) in [5.41, 5.74) is -1.22. The van der Waals surface area contributed by atoms with Crippen LogP contribution in [0.3, 0.4) is 0 Å². The van der Waals surface area contributed by atoms with Crippen molar-refractivity contribution in [2.45, 2.75) is 25.1 Å². The van der Waals surface area contributed by atoms with Crippen molar-refractivity contribution in [1.29, 1.82) is 0 Å². The highest BCUT2D eigenvalue weighted by molar-refractivity contribution is 5.95. The molecule has 1 saturated carbocycles. The smallest absolute Gasteiger partial charge is 0.435 e. The summed E-state index contributed by atoms with van der Waals surface area (Å²) in [7, 11) is 0. The first-order valence-corrected chi connectivity index (χ1v) is 10.2. The number of likely N-dealkylation sites (tertiary alicyclic amines) is 1. The SMILES string of the molecule is O=C(c1cc(O)ccc1F)N1CC2(CC(n3nc(C(F)(F)F)cc3-c3ccc(=O)[nH]c3)C2)C1. The second-order valence-corrected chi connectivity index (χ2v) is 8.69. The molecule has 172 valence electrons. The van der Waals surface area contributed by atoms with E-state index in [-0.39, 0.29) is 34.0 Å². The Morgan fingerprint density at radius 2 is 1.88 bits per heavy atom. The van der Waals surface area contributed by atoms with Crippen LogP contribution in [-0.2, 0) is 6.18 Å². The number of alkyl halides is 3. The summed E-state index contributed by atoms with van der Waals surface area (Å²) in [5.74, 6) is -1.48. The summed E-state index contributed by atoms with van der Waals surface area (Å²) < 4.78 is 55.2. The molecule has 1 aliphatic carbocycles. The number of hydrogen-bond donors (Lipinski definition) is 2. The fraction of sp³-hybridized carbons (Fsp3) is 0.318. The highest BCUT2D eigenvalue weighted by atomic mass is 19.4. The van der Waals surface area contributed by atoms with Crippen LogP contribution in [0.25, 0.3) is 11.3 Å². The van der Waals surface area contributed by atoms with Crippen molar-refractivity contribution in [3.8, 4) is 17.0 Å². The summed E-state index contributed by atoms with van der Waals surface area (Å²) >= 11 is 0. The average molecular weight is 462 g/mol. The highest BCUT2D eigenvalue weighted by Gasteiger charge is 2.55. The highest BCUT2D eigenvalue weighted by Crippen LogP contribution is 2.55. The standard InChI is InChI=1S/C22H18F4N4O3/c23-16-3-2-14(31)5-15(16)20(33)29-10-21(11-29)7-13(8-21)30-17(6-18(28-30)22(24,25)26)12-1-4-19(32)27-9-12/h1-6,9,13,31H,7-8,10-11H2,(H,27,32). The number of rotatable bonds is 3. The number of aromatic hydroxyl groups is 1. The van der Waals surface area contributed by atoms with Gasteiger partial charge >= 0.3 is 6.18 Å². The second-order valence-electron chi connectivity index (χ2n) is 8.69. The van der Waals surface area contributed by atoms with Gasteiger partial charge in [0.05, 0.1) is 17.3 Å². The fourth-order valence-corrected chi connectivity index (χ4v) is 4.72. The molecule has 1 aliphatic heterocycles. The number of benzene rings is 1. The van der Waals surface area contributed by atoms with Crippen LogP contribution in [0.5, 0.6) is 5.75 Å². The molecule has 2 aromatic heterocycles. The molecule has 2 N–H and O–H groups in total. The van der Waals surface area contributed by atoms with Crippen LogP contribution < -0.4 is 5.56 Å². The van der Waals surface area contributed by atoms with Gasteiger partial charge in [-0.25, -0.2) is 4.39 Å². The van der Waals surface area contributed by atoms with Gasteiger partial charge in [0.15, 0.2) is 5.69 Å². The number of carbonyl (C=O) groups excluding carboxylic acids is 1. The second kappa shape index (κ2) is 7.19. The van der Waals surface area contributed by atoms with Crippen LogP contribution >= 0.6 is 0 Å². The molecule has 0 radical (unpaired) electrons. The van der Waals surface area contributed by atoms with Gasteiger partial charge in [0.1, 0.15) is 11.6 Å². The number of phenols is 1. The van der Waals surface area contributed by atoms with E-state index < -0.39 is 23.6 Å². The van der Waals surface area contributed by atoms with E-state index in [0.29, 0.717) is 31.5 Å². The quantitative estimate of drug-likeness (QED) is 0.583. The molecule has 0 unspecified atom stereocenters. The van der Waals surface area contributed by atoms with Crippen molar-refractivity contribution < 1.29 is 27.5 Å². The van der Waals surface area contributed by atoms with Crippen LogP contribution in [0.4, 0.5) is 17.6 Å². The van der Waals surface area contributed by atoms with E-state index in [4.69, 9.17) is 0 Å². The number of aromatic nitrogens is 3. The molecule has 2 aliphatic rings. The average Bonchev–Trinajstić information content (AvgIpc) is 3.13. The van der Waals surface area contributed by atoms with Gasteiger partial charge in [-0.1, -0.05) is 0 Å². The van der Waals surface area contributed by atoms with E-state index in [1.54, 1.807) is 0 Å². The van der Waals surface area contributed by atoms with Gasteiger partial charge in [0, 0.05) is 36.3 Å². The summed E-state index contributed by atoms with van der Waals surface area (Å²) in [6, 6.07) is 6.57. The molecule has 5 rings (SSSR count). The number of hydrogen-bond acceptors (Lipinski definition) is 4. The molecular weight excluding hydrogens is 444 g/mol. The van der Waals surface area contributed by atoms with Crippen molar-refractivity contribution in [3.63, 3.8) is 0 Å². The number of nitrogens with one attached hydrogen (secondary N) is 1. The van der Waals surface area contributed by atoms with Crippen molar-refractivity contribution in [2.75, 3.05) is 13.1 Å². The number of aromatic amines is 1. The number of amides is 1. The van der Waals surface area contributed by atoms with E-state index >= 15 is 0 Å². The van der Waals surface area contributed by atoms with E-state index in [1.165, 1.54) is 27.9 Å². The van der Waals surface area contributed by atoms with Crippen molar-refractivity contribution in [2.24, 2.45) is 5.41 Å². The van der Waals surface area contributed by atoms with Gasteiger partial charge in [-0.15, -0.1) is 0 Å². The molecule has 1 saturated heterocycles. The van der Waals surface area contributed by atoms with Crippen LogP contribution in [0.15, 0.2) is 47.4 Å². The molecule has 33 heavy (non-hydrogen) atoms. The van der Waals surface area contributed by atoms with Gasteiger partial charge in [-0.3, -0.25) is 14.3 Å². The van der Waals surface area contributed by atoms with E-state index in [9.17, 15) is 32.3 Å². The van der Waals surface area contributed by atoms with Crippen LogP contribution in [0, 0.1) is 11.2 Å². The molecular formula is C22H18F4N4O3. The number of phenolic OH excluding ortho intramolecular Hbond substituents is 1. The summed E-state index contributed by atoms with van der Waals surface area (Å²) in [6.07, 6.45) is -2.25. The van der Waals surface area contributed by atoms with Gasteiger partial charge < -0.3 is 15.0 Å². The van der Waals surface area contributed by atoms with Gasteiger partial charge in [-0.2, -0.15) is 18.3 Å². The minimum absolute atomic E-state index is 0.215. The Morgan fingerprint density at radius 3 is 2.52 bits per heavy atom. The van der Waals surface area contributed by atoms with Gasteiger partial charge in [0.2, 0.25) is 5.56 Å². The Morgan fingerprint density at radius 1 is 1.15 bits per heavy atom. The fourth-order valence-electron chi connectivity index (χ4n) is 4.72. The lowest BCUT2D eigenvalue weighted by Gasteiger charge is -2.59. The minimum Gasteiger partial charge on any atom is -0.508 e. The van der Waals surface area contributed by atoms with E-state index in [1.807, 2.05) is 0 Å². The Balaban J connectivity index is 1.33. The summed E-state index contributed by atoms with van der Waals surface area (Å²) in [4.78, 5) is 27.8.